The van der Waals surface area contributed by atoms with Gasteiger partial charge in [0.05, 0.1) is 0 Å². The zero-order valence-electron chi connectivity index (χ0n) is 13.5. The number of hydrogen-bond donors (Lipinski definition) is 0. The van der Waals surface area contributed by atoms with Gasteiger partial charge in [-0.15, -0.1) is 0 Å². The Kier molecular flexibility index (Phi) is 6.25. The van der Waals surface area contributed by atoms with Gasteiger partial charge in [0.2, 0.25) is 0 Å². The summed E-state index contributed by atoms with van der Waals surface area (Å²) in [5.74, 6) is 0. The Hall–Kier alpha value is 1.89. The molecule has 0 aromatic carbocycles. The van der Waals surface area contributed by atoms with Crippen LogP contribution in [0.25, 0.3) is 0 Å². The van der Waals surface area contributed by atoms with Gasteiger partial charge in [-0.25, -0.2) is 0 Å². The first kappa shape index (κ1) is 17.7. The van der Waals surface area contributed by atoms with Gasteiger partial charge in [0.1, 0.15) is 0 Å². The quantitative estimate of drug-likeness (QED) is 0.253. The van der Waals surface area contributed by atoms with Crippen molar-refractivity contribution in [2.75, 3.05) is 0 Å². The van der Waals surface area contributed by atoms with E-state index < -0.39 is 1.89 Å². The van der Waals surface area contributed by atoms with Crippen molar-refractivity contribution in [3.8, 4) is 0 Å². The molecule has 3 heteroatoms. The molecular formula is C18H33I2P. The van der Waals surface area contributed by atoms with Gasteiger partial charge < -0.3 is 0 Å². The third kappa shape index (κ3) is 3.48. The summed E-state index contributed by atoms with van der Waals surface area (Å²) in [4.78, 5) is 0. The second-order valence-corrected chi connectivity index (χ2v) is 30.8. The van der Waals surface area contributed by atoms with Crippen molar-refractivity contribution in [1.82, 2.24) is 0 Å². The summed E-state index contributed by atoms with van der Waals surface area (Å²) < 4.78 is -1.60. The predicted molar refractivity (Wildman–Crippen MR) is 116 cm³/mol. The fourth-order valence-corrected chi connectivity index (χ4v) is 21.5. The predicted octanol–water partition coefficient (Wildman–Crippen LogP) is 8.24. The summed E-state index contributed by atoms with van der Waals surface area (Å²) in [6.07, 6.45) is 23.3. The van der Waals surface area contributed by atoms with E-state index in [4.69, 9.17) is 0 Å². The summed E-state index contributed by atoms with van der Waals surface area (Å²) in [5, 5.41) is 0. The molecule has 0 aromatic rings. The summed E-state index contributed by atoms with van der Waals surface area (Å²) in [7, 11) is 0. The summed E-state index contributed by atoms with van der Waals surface area (Å²) >= 11 is 6.37. The molecule has 0 saturated heterocycles. The number of hydrogen-bond acceptors (Lipinski definition) is 0. The SMILES string of the molecule is IP(I)(C1CCCCC1)(C1CCCCC1)C1CCCCC1. The van der Waals surface area contributed by atoms with E-state index in [1.54, 1.807) is 38.5 Å². The Morgan fingerprint density at radius 1 is 0.429 bits per heavy atom. The molecule has 124 valence electrons. The Morgan fingerprint density at radius 2 is 0.667 bits per heavy atom. The molecule has 3 aliphatic rings. The van der Waals surface area contributed by atoms with Crippen LogP contribution in [0.15, 0.2) is 0 Å². The molecule has 0 unspecified atom stereocenters. The molecule has 0 aliphatic heterocycles. The number of rotatable bonds is 3. The first-order valence-electron chi connectivity index (χ1n) is 9.56. The van der Waals surface area contributed by atoms with Crippen LogP contribution >= 0.6 is 46.0 Å². The van der Waals surface area contributed by atoms with Gasteiger partial charge in [-0.1, -0.05) is 0 Å². The molecule has 0 radical (unpaired) electrons. The van der Waals surface area contributed by atoms with Crippen LogP contribution in [0.4, 0.5) is 0 Å². The van der Waals surface area contributed by atoms with Crippen molar-refractivity contribution >= 4 is 46.0 Å². The fraction of sp³-hybridized carbons (Fsp3) is 1.00. The third-order valence-corrected chi connectivity index (χ3v) is 26.7. The average molecular weight is 534 g/mol. The Balaban J connectivity index is 1.90. The van der Waals surface area contributed by atoms with Crippen LogP contribution in [-0.4, -0.2) is 17.0 Å². The van der Waals surface area contributed by atoms with E-state index in [0.717, 1.165) is 17.0 Å². The molecule has 0 amide bonds. The molecule has 3 saturated carbocycles. The molecule has 0 bridgehead atoms. The van der Waals surface area contributed by atoms with Crippen LogP contribution < -0.4 is 0 Å². The van der Waals surface area contributed by atoms with E-state index in [-0.39, 0.29) is 0 Å². The summed E-state index contributed by atoms with van der Waals surface area (Å²) in [6.45, 7) is 0. The zero-order valence-corrected chi connectivity index (χ0v) is 18.8. The molecule has 0 spiro atoms. The van der Waals surface area contributed by atoms with Crippen molar-refractivity contribution in [2.45, 2.75) is 113 Å². The number of halogens is 2. The average Bonchev–Trinajstić information content (AvgIpc) is 2.57. The third-order valence-electron chi connectivity index (χ3n) is 6.82. The standard InChI is InChI=1S/C18H33I2P/c19-21(20,16-10-4-1-5-11-16,17-12-6-2-7-13-17)18-14-8-3-9-15-18/h16-18H,1-15H2. The minimum absolute atomic E-state index is 1.12. The van der Waals surface area contributed by atoms with Gasteiger partial charge >= 0.3 is 159 Å². The molecule has 0 N–H and O–H groups in total. The molecule has 3 aliphatic carbocycles. The Labute approximate surface area is 158 Å². The molecule has 3 rings (SSSR count). The van der Waals surface area contributed by atoms with Crippen LogP contribution in [0.2, 0.25) is 0 Å². The molecule has 0 nitrogen and oxygen atoms in total. The first-order chi connectivity index (χ1) is 10.1. The minimum atomic E-state index is -1.60. The summed E-state index contributed by atoms with van der Waals surface area (Å²) in [5.41, 5.74) is 3.37. The molecule has 0 atom stereocenters. The van der Waals surface area contributed by atoms with E-state index in [2.05, 4.69) is 44.1 Å². The van der Waals surface area contributed by atoms with Crippen LogP contribution in [0.3, 0.4) is 0 Å². The Bertz CT molecular complexity index is 285. The van der Waals surface area contributed by atoms with Crippen molar-refractivity contribution < 1.29 is 0 Å². The van der Waals surface area contributed by atoms with Crippen molar-refractivity contribution in [2.24, 2.45) is 0 Å². The van der Waals surface area contributed by atoms with E-state index in [9.17, 15) is 0 Å². The maximum atomic E-state index is 3.18. The monoisotopic (exact) mass is 534 g/mol. The molecule has 21 heavy (non-hydrogen) atoms. The zero-order chi connectivity index (χ0) is 14.8. The molecular weight excluding hydrogens is 501 g/mol. The normalized spacial score (nSPS) is 29.9. The van der Waals surface area contributed by atoms with E-state index in [0.29, 0.717) is 0 Å². The van der Waals surface area contributed by atoms with E-state index in [1.165, 1.54) is 57.8 Å². The van der Waals surface area contributed by atoms with Crippen molar-refractivity contribution in [3.05, 3.63) is 0 Å². The summed E-state index contributed by atoms with van der Waals surface area (Å²) in [6, 6.07) is 0. The van der Waals surface area contributed by atoms with Crippen LogP contribution in [-0.2, 0) is 0 Å². The van der Waals surface area contributed by atoms with Gasteiger partial charge in [-0.05, 0) is 0 Å². The molecule has 0 heterocycles. The Morgan fingerprint density at radius 3 is 0.905 bits per heavy atom. The van der Waals surface area contributed by atoms with Gasteiger partial charge in [-0.3, -0.25) is 0 Å². The van der Waals surface area contributed by atoms with Gasteiger partial charge in [0.25, 0.3) is 0 Å². The fourth-order valence-electron chi connectivity index (χ4n) is 5.62. The van der Waals surface area contributed by atoms with Crippen molar-refractivity contribution in [1.29, 1.82) is 0 Å². The second-order valence-electron chi connectivity index (χ2n) is 7.97. The second kappa shape index (κ2) is 7.42. The van der Waals surface area contributed by atoms with E-state index in [1.807, 2.05) is 0 Å². The van der Waals surface area contributed by atoms with Gasteiger partial charge in [0.15, 0.2) is 0 Å². The van der Waals surface area contributed by atoms with Gasteiger partial charge in [0, 0.05) is 0 Å². The topological polar surface area (TPSA) is 0 Å². The van der Waals surface area contributed by atoms with Crippen LogP contribution in [0.1, 0.15) is 96.3 Å². The molecule has 3 fully saturated rings. The first-order valence-corrected chi connectivity index (χ1v) is 17.6. The van der Waals surface area contributed by atoms with Gasteiger partial charge in [-0.2, -0.15) is 0 Å². The van der Waals surface area contributed by atoms with E-state index >= 15 is 0 Å². The maximum absolute atomic E-state index is 3.18. The van der Waals surface area contributed by atoms with Crippen molar-refractivity contribution in [3.63, 3.8) is 0 Å². The van der Waals surface area contributed by atoms with Crippen LogP contribution in [0.5, 0.6) is 0 Å². The van der Waals surface area contributed by atoms with Crippen LogP contribution in [0, 0.1) is 0 Å². The molecule has 0 aromatic heterocycles.